The molecule has 3 aromatic rings. The molecule has 0 saturated carbocycles. The molecule has 1 saturated heterocycles. The molecule has 1 aromatic carbocycles. The van der Waals surface area contributed by atoms with Crippen LogP contribution in [0.15, 0.2) is 29.2 Å². The Labute approximate surface area is 229 Å². The summed E-state index contributed by atoms with van der Waals surface area (Å²) in [6.45, 7) is 6.19. The Morgan fingerprint density at radius 1 is 1.18 bits per heavy atom. The van der Waals surface area contributed by atoms with Gasteiger partial charge in [0.1, 0.15) is 16.5 Å². The molecule has 4 N–H and O–H groups in total. The van der Waals surface area contributed by atoms with Gasteiger partial charge in [-0.1, -0.05) is 23.5 Å². The summed E-state index contributed by atoms with van der Waals surface area (Å²) in [4.78, 5) is 42.9. The maximum absolute atomic E-state index is 12.3. The minimum atomic E-state index is -3.78. The first-order valence-corrected chi connectivity index (χ1v) is 14.7. The summed E-state index contributed by atoms with van der Waals surface area (Å²) in [6.07, 6.45) is 0.682. The number of aryl methyl sites for hydroxylation is 1. The van der Waals surface area contributed by atoms with Crippen LogP contribution < -0.4 is 25.6 Å². The molecule has 206 valence electrons. The predicted octanol–water partition coefficient (Wildman–Crippen LogP) is 1.31. The topological polar surface area (TPSA) is 173 Å². The number of aromatic nitrogens is 3. The highest BCUT2D eigenvalue weighted by Crippen LogP contribution is 2.36. The van der Waals surface area contributed by atoms with Crippen LogP contribution in [0.5, 0.6) is 0 Å². The Morgan fingerprint density at radius 2 is 1.92 bits per heavy atom. The monoisotopic (exact) mass is 572 g/mol. The number of carbonyl (C=O) groups is 2. The van der Waals surface area contributed by atoms with Gasteiger partial charge in [-0.2, -0.15) is 9.97 Å². The molecule has 0 spiro atoms. The molecule has 5 rings (SSSR count). The van der Waals surface area contributed by atoms with E-state index in [1.807, 2.05) is 4.90 Å². The van der Waals surface area contributed by atoms with Gasteiger partial charge in [0.15, 0.2) is 5.13 Å². The van der Waals surface area contributed by atoms with Crippen LogP contribution in [0.4, 0.5) is 22.7 Å². The minimum Gasteiger partial charge on any atom is -0.462 e. The van der Waals surface area contributed by atoms with E-state index in [1.54, 1.807) is 26.0 Å². The van der Waals surface area contributed by atoms with E-state index in [9.17, 15) is 18.0 Å². The minimum absolute atomic E-state index is 0.0495. The lowest BCUT2D eigenvalue weighted by Gasteiger charge is -2.29. The Hall–Kier alpha value is -3.82. The molecule has 0 radical (unpaired) electrons. The summed E-state index contributed by atoms with van der Waals surface area (Å²) in [5.74, 6) is 1.15. The molecule has 0 bridgehead atoms. The number of nitrogens with one attached hydrogen (secondary N) is 2. The van der Waals surface area contributed by atoms with Gasteiger partial charge in [-0.3, -0.25) is 10.1 Å². The number of thiazole rings is 1. The lowest BCUT2D eigenvalue weighted by atomic mass is 10.2. The molecule has 1 fully saturated rings. The van der Waals surface area contributed by atoms with Crippen molar-refractivity contribution in [2.24, 2.45) is 5.14 Å². The number of esters is 1. The second kappa shape index (κ2) is 10.7. The molecule has 2 aromatic heterocycles. The first-order valence-electron chi connectivity index (χ1n) is 12.3. The van der Waals surface area contributed by atoms with Crippen LogP contribution in [0.2, 0.25) is 0 Å². The standard InChI is InChI=1S/C24H28N8O5S2/c1-3-37-22(34)19-14(2)27-24(38-19)30-23-28-20-17(21(29-23)32-11-9-26-18(33)13-32)8-10-31(20)12-15-4-6-16(7-5-15)39(25,35)36/h4-7H,3,8-13H2,1-2H3,(H,26,33)(H2,25,35,36)(H,27,28,29,30). The van der Waals surface area contributed by atoms with Crippen molar-refractivity contribution in [1.29, 1.82) is 0 Å². The lowest BCUT2D eigenvalue weighted by Crippen LogP contribution is -2.48. The van der Waals surface area contributed by atoms with Crippen molar-refractivity contribution in [2.45, 2.75) is 31.7 Å². The van der Waals surface area contributed by atoms with Crippen LogP contribution in [-0.4, -0.2) is 68.0 Å². The zero-order valence-corrected chi connectivity index (χ0v) is 23.1. The third-order valence-electron chi connectivity index (χ3n) is 6.33. The summed E-state index contributed by atoms with van der Waals surface area (Å²) in [7, 11) is -3.78. The fraction of sp³-hybridized carbons (Fsp3) is 0.375. The number of nitrogens with two attached hydrogens (primary N) is 1. The SMILES string of the molecule is CCOC(=O)c1sc(Nc2nc(N3CCNC(=O)C3)c3c(n2)N(Cc2ccc(S(N)(=O)=O)cc2)CC3)nc1C. The largest absolute Gasteiger partial charge is 0.462 e. The van der Waals surface area contributed by atoms with E-state index in [4.69, 9.17) is 19.8 Å². The van der Waals surface area contributed by atoms with Crippen molar-refractivity contribution in [2.75, 3.05) is 47.9 Å². The van der Waals surface area contributed by atoms with Gasteiger partial charge >= 0.3 is 5.97 Å². The fourth-order valence-corrected chi connectivity index (χ4v) is 5.89. The number of piperazine rings is 1. The van der Waals surface area contributed by atoms with Crippen molar-refractivity contribution < 1.29 is 22.7 Å². The molecule has 39 heavy (non-hydrogen) atoms. The summed E-state index contributed by atoms with van der Waals surface area (Å²) >= 11 is 1.16. The van der Waals surface area contributed by atoms with Gasteiger partial charge in [-0.15, -0.1) is 0 Å². The second-order valence-corrected chi connectivity index (χ2v) is 11.6. The van der Waals surface area contributed by atoms with E-state index in [-0.39, 0.29) is 29.9 Å². The average molecular weight is 573 g/mol. The number of primary sulfonamides is 1. The summed E-state index contributed by atoms with van der Waals surface area (Å²) < 4.78 is 28.4. The van der Waals surface area contributed by atoms with Gasteiger partial charge < -0.3 is 19.9 Å². The number of carbonyl (C=O) groups excluding carboxylic acids is 2. The molecule has 0 aliphatic carbocycles. The van der Waals surface area contributed by atoms with Gasteiger partial charge in [0.2, 0.25) is 21.9 Å². The van der Waals surface area contributed by atoms with Crippen molar-refractivity contribution in [3.8, 4) is 0 Å². The maximum atomic E-state index is 12.3. The number of nitrogens with zero attached hydrogens (tertiary/aromatic N) is 5. The van der Waals surface area contributed by atoms with E-state index in [1.165, 1.54) is 12.1 Å². The Kier molecular flexibility index (Phi) is 7.38. The number of rotatable bonds is 8. The van der Waals surface area contributed by atoms with Crippen LogP contribution in [-0.2, 0) is 32.5 Å². The van der Waals surface area contributed by atoms with Crippen LogP contribution in [0, 0.1) is 6.92 Å². The number of ether oxygens (including phenoxy) is 1. The normalized spacial score (nSPS) is 15.2. The first kappa shape index (κ1) is 26.8. The van der Waals surface area contributed by atoms with Crippen molar-refractivity contribution >= 4 is 56.0 Å². The molecular weight excluding hydrogens is 544 g/mol. The van der Waals surface area contributed by atoms with Gasteiger partial charge in [0.05, 0.1) is 23.7 Å². The first-order chi connectivity index (χ1) is 18.6. The molecule has 0 unspecified atom stereocenters. The zero-order chi connectivity index (χ0) is 27.7. The second-order valence-electron chi connectivity index (χ2n) is 9.08. The number of anilines is 4. The molecule has 2 aliphatic rings. The zero-order valence-electron chi connectivity index (χ0n) is 21.4. The van der Waals surface area contributed by atoms with Gasteiger partial charge in [-0.25, -0.2) is 23.3 Å². The van der Waals surface area contributed by atoms with Crippen LogP contribution in [0.3, 0.4) is 0 Å². The Bertz CT molecular complexity index is 1520. The molecule has 2 aliphatic heterocycles. The highest BCUT2D eigenvalue weighted by molar-refractivity contribution is 7.89. The predicted molar refractivity (Wildman–Crippen MR) is 146 cm³/mol. The lowest BCUT2D eigenvalue weighted by molar-refractivity contribution is -0.120. The van der Waals surface area contributed by atoms with E-state index in [2.05, 4.69) is 20.5 Å². The summed E-state index contributed by atoms with van der Waals surface area (Å²) in [5, 5.41) is 11.6. The number of hydrogen-bond acceptors (Lipinski definition) is 12. The smallest absolute Gasteiger partial charge is 0.350 e. The van der Waals surface area contributed by atoms with E-state index in [0.29, 0.717) is 59.9 Å². The van der Waals surface area contributed by atoms with Crippen LogP contribution in [0.25, 0.3) is 0 Å². The summed E-state index contributed by atoms with van der Waals surface area (Å²) in [5.41, 5.74) is 2.36. The average Bonchev–Trinajstić information content (AvgIpc) is 3.46. The van der Waals surface area contributed by atoms with Gasteiger partial charge in [-0.05, 0) is 38.0 Å². The highest BCUT2D eigenvalue weighted by atomic mass is 32.2. The Morgan fingerprint density at radius 3 is 2.62 bits per heavy atom. The van der Waals surface area contributed by atoms with Crippen molar-refractivity contribution in [3.63, 3.8) is 0 Å². The van der Waals surface area contributed by atoms with E-state index in [0.717, 1.165) is 22.5 Å². The van der Waals surface area contributed by atoms with Crippen molar-refractivity contribution in [1.82, 2.24) is 20.3 Å². The van der Waals surface area contributed by atoms with Gasteiger partial charge in [0.25, 0.3) is 0 Å². The number of hydrogen-bond donors (Lipinski definition) is 3. The third-order valence-corrected chi connectivity index (χ3v) is 8.32. The number of sulfonamides is 1. The third kappa shape index (κ3) is 5.79. The van der Waals surface area contributed by atoms with Crippen LogP contribution >= 0.6 is 11.3 Å². The highest BCUT2D eigenvalue weighted by Gasteiger charge is 2.30. The quantitative estimate of drug-likeness (QED) is 0.332. The fourth-order valence-electron chi connectivity index (χ4n) is 4.53. The van der Waals surface area contributed by atoms with E-state index < -0.39 is 16.0 Å². The molecule has 13 nitrogen and oxygen atoms in total. The molecular formula is C24H28N8O5S2. The maximum Gasteiger partial charge on any atom is 0.350 e. The summed E-state index contributed by atoms with van der Waals surface area (Å²) in [6, 6.07) is 6.42. The van der Waals surface area contributed by atoms with Crippen LogP contribution in [0.1, 0.15) is 33.4 Å². The number of amides is 1. The van der Waals surface area contributed by atoms with Crippen molar-refractivity contribution in [3.05, 3.63) is 46.0 Å². The Balaban J connectivity index is 1.47. The molecule has 4 heterocycles. The molecule has 0 atom stereocenters. The molecule has 15 heteroatoms. The number of benzene rings is 1. The van der Waals surface area contributed by atoms with Gasteiger partial charge in [0, 0.05) is 31.7 Å². The molecule has 1 amide bonds. The van der Waals surface area contributed by atoms with E-state index >= 15 is 0 Å². The number of fused-ring (bicyclic) bond motifs is 1.